The van der Waals surface area contributed by atoms with Gasteiger partial charge in [-0.1, -0.05) is 15.9 Å². The molecular formula is C7H10BrNOS. The molecular weight excluding hydrogens is 226 g/mol. The molecule has 11 heavy (non-hydrogen) atoms. The third-order valence-electron chi connectivity index (χ3n) is 2.09. The molecule has 2 heterocycles. The summed E-state index contributed by atoms with van der Waals surface area (Å²) in [6.07, 6.45) is 0.758. The highest BCUT2D eigenvalue weighted by Gasteiger charge is 2.44. The molecule has 2 nitrogen and oxygen atoms in total. The van der Waals surface area contributed by atoms with Crippen LogP contribution < -0.4 is 0 Å². The number of thioether (sulfide) groups is 1. The molecule has 0 bridgehead atoms. The maximum absolute atomic E-state index is 11.0. The van der Waals surface area contributed by atoms with Crippen LogP contribution in [0.1, 0.15) is 13.3 Å². The molecule has 0 aromatic carbocycles. The molecule has 62 valence electrons. The van der Waals surface area contributed by atoms with E-state index in [1.165, 1.54) is 0 Å². The topological polar surface area (TPSA) is 20.3 Å². The van der Waals surface area contributed by atoms with Crippen molar-refractivity contribution in [2.75, 3.05) is 12.3 Å². The minimum Gasteiger partial charge on any atom is -0.329 e. The van der Waals surface area contributed by atoms with E-state index in [-0.39, 0.29) is 4.32 Å². The summed E-state index contributed by atoms with van der Waals surface area (Å²) in [6.45, 7) is 3.02. The van der Waals surface area contributed by atoms with Crippen molar-refractivity contribution in [1.82, 2.24) is 4.90 Å². The summed E-state index contributed by atoms with van der Waals surface area (Å²) < 4.78 is 0.143. The van der Waals surface area contributed by atoms with Gasteiger partial charge in [0, 0.05) is 16.6 Å². The number of fused-ring (bicyclic) bond motifs is 1. The number of alkyl halides is 1. The fourth-order valence-electron chi connectivity index (χ4n) is 1.43. The molecule has 2 aliphatic heterocycles. The van der Waals surface area contributed by atoms with Crippen molar-refractivity contribution < 1.29 is 4.79 Å². The third kappa shape index (κ3) is 1.31. The van der Waals surface area contributed by atoms with Crippen molar-refractivity contribution in [1.29, 1.82) is 0 Å². The van der Waals surface area contributed by atoms with Crippen LogP contribution >= 0.6 is 27.7 Å². The van der Waals surface area contributed by atoms with Gasteiger partial charge in [-0.15, -0.1) is 11.8 Å². The Morgan fingerprint density at radius 1 is 1.82 bits per heavy atom. The summed E-state index contributed by atoms with van der Waals surface area (Å²) in [7, 11) is 0. The molecule has 0 aliphatic carbocycles. The zero-order chi connectivity index (χ0) is 8.06. The van der Waals surface area contributed by atoms with Gasteiger partial charge < -0.3 is 4.90 Å². The van der Waals surface area contributed by atoms with Crippen LogP contribution in [0.2, 0.25) is 0 Å². The van der Waals surface area contributed by atoms with Gasteiger partial charge in [-0.2, -0.15) is 0 Å². The van der Waals surface area contributed by atoms with Gasteiger partial charge >= 0.3 is 0 Å². The molecule has 1 unspecified atom stereocenters. The fourth-order valence-corrected chi connectivity index (χ4v) is 3.36. The molecule has 0 aromatic heterocycles. The van der Waals surface area contributed by atoms with Gasteiger partial charge in [0.2, 0.25) is 5.91 Å². The predicted molar refractivity (Wildman–Crippen MR) is 49.9 cm³/mol. The van der Waals surface area contributed by atoms with E-state index in [0.29, 0.717) is 11.3 Å². The van der Waals surface area contributed by atoms with Crippen LogP contribution in [-0.4, -0.2) is 32.8 Å². The summed E-state index contributed by atoms with van der Waals surface area (Å²) in [5.74, 6) is 1.43. The summed E-state index contributed by atoms with van der Waals surface area (Å²) in [4.78, 5) is 13.0. The summed E-state index contributed by atoms with van der Waals surface area (Å²) in [5, 5.41) is 0.494. The quantitative estimate of drug-likeness (QED) is 0.468. The SMILES string of the molecule is CC1(Br)CS[C@H]2CC(=O)N2C1. The number of amides is 1. The van der Waals surface area contributed by atoms with E-state index in [0.717, 1.165) is 18.7 Å². The third-order valence-corrected chi connectivity index (χ3v) is 4.61. The van der Waals surface area contributed by atoms with Gasteiger partial charge in [-0.05, 0) is 6.92 Å². The zero-order valence-corrected chi connectivity index (χ0v) is 8.74. The molecule has 0 N–H and O–H groups in total. The Labute approximate surface area is 78.8 Å². The second-order valence-corrected chi connectivity index (χ2v) is 6.49. The lowest BCUT2D eigenvalue weighted by molar-refractivity contribution is -0.142. The molecule has 0 aromatic rings. The fraction of sp³-hybridized carbons (Fsp3) is 0.857. The van der Waals surface area contributed by atoms with Gasteiger partial charge in [0.05, 0.1) is 11.8 Å². The number of carbonyl (C=O) groups excluding carboxylic acids is 1. The molecule has 0 radical (unpaired) electrons. The highest BCUT2D eigenvalue weighted by Crippen LogP contribution is 2.40. The number of hydrogen-bond donors (Lipinski definition) is 0. The Hall–Kier alpha value is 0.300. The lowest BCUT2D eigenvalue weighted by atomic mass is 10.1. The van der Waals surface area contributed by atoms with E-state index in [2.05, 4.69) is 22.9 Å². The van der Waals surface area contributed by atoms with Gasteiger partial charge in [-0.3, -0.25) is 4.79 Å². The number of carbonyl (C=O) groups is 1. The normalized spacial score (nSPS) is 43.3. The average Bonchev–Trinajstić information content (AvgIpc) is 1.92. The van der Waals surface area contributed by atoms with Gasteiger partial charge in [0.15, 0.2) is 0 Å². The minimum atomic E-state index is 0.143. The molecule has 2 aliphatic rings. The van der Waals surface area contributed by atoms with Crippen molar-refractivity contribution in [2.24, 2.45) is 0 Å². The maximum atomic E-state index is 11.0. The monoisotopic (exact) mass is 235 g/mol. The first-order valence-corrected chi connectivity index (χ1v) is 5.53. The van der Waals surface area contributed by atoms with Crippen molar-refractivity contribution in [3.05, 3.63) is 0 Å². The van der Waals surface area contributed by atoms with Crippen molar-refractivity contribution in [3.8, 4) is 0 Å². The summed E-state index contributed by atoms with van der Waals surface area (Å²) in [5.41, 5.74) is 0. The second-order valence-electron chi connectivity index (χ2n) is 3.40. The molecule has 2 atom stereocenters. The molecule has 1 amide bonds. The zero-order valence-electron chi connectivity index (χ0n) is 6.34. The molecule has 2 rings (SSSR count). The maximum Gasteiger partial charge on any atom is 0.226 e. The highest BCUT2D eigenvalue weighted by molar-refractivity contribution is 9.10. The average molecular weight is 236 g/mol. The molecule has 4 heteroatoms. The minimum absolute atomic E-state index is 0.143. The highest BCUT2D eigenvalue weighted by atomic mass is 79.9. The molecule has 0 saturated carbocycles. The lowest BCUT2D eigenvalue weighted by Gasteiger charge is -2.48. The first-order chi connectivity index (χ1) is 5.08. The Bertz CT molecular complexity index is 207. The van der Waals surface area contributed by atoms with Gasteiger partial charge in [0.1, 0.15) is 0 Å². The molecule has 0 spiro atoms. The van der Waals surface area contributed by atoms with E-state index in [1.807, 2.05) is 16.7 Å². The van der Waals surface area contributed by atoms with Crippen LogP contribution in [0.15, 0.2) is 0 Å². The Morgan fingerprint density at radius 2 is 2.55 bits per heavy atom. The number of nitrogens with zero attached hydrogens (tertiary/aromatic N) is 1. The van der Waals surface area contributed by atoms with Crippen LogP contribution in [0.5, 0.6) is 0 Å². The number of halogens is 1. The number of rotatable bonds is 0. The predicted octanol–water partition coefficient (Wildman–Crippen LogP) is 1.45. The Kier molecular flexibility index (Phi) is 1.72. The van der Waals surface area contributed by atoms with E-state index in [1.54, 1.807) is 0 Å². The molecule has 2 saturated heterocycles. The van der Waals surface area contributed by atoms with E-state index in [9.17, 15) is 4.79 Å². The van der Waals surface area contributed by atoms with Crippen LogP contribution in [0.25, 0.3) is 0 Å². The standard InChI is InChI=1S/C7H10BrNOS/c1-7(8)3-9-5(10)2-6(9)11-4-7/h6H,2-4H2,1H3/t6-,7?/m0/s1. The van der Waals surface area contributed by atoms with Crippen molar-refractivity contribution >= 4 is 33.6 Å². The second kappa shape index (κ2) is 2.39. The summed E-state index contributed by atoms with van der Waals surface area (Å²) in [6, 6.07) is 0. The smallest absolute Gasteiger partial charge is 0.226 e. The summed E-state index contributed by atoms with van der Waals surface area (Å²) >= 11 is 5.49. The Morgan fingerprint density at radius 3 is 3.09 bits per heavy atom. The van der Waals surface area contributed by atoms with Crippen molar-refractivity contribution in [3.63, 3.8) is 0 Å². The Balaban J connectivity index is 2.06. The largest absolute Gasteiger partial charge is 0.329 e. The van der Waals surface area contributed by atoms with Crippen molar-refractivity contribution in [2.45, 2.75) is 23.0 Å². The van der Waals surface area contributed by atoms with E-state index < -0.39 is 0 Å². The van der Waals surface area contributed by atoms with Gasteiger partial charge in [-0.25, -0.2) is 0 Å². The number of hydrogen-bond acceptors (Lipinski definition) is 2. The van der Waals surface area contributed by atoms with E-state index >= 15 is 0 Å². The first-order valence-electron chi connectivity index (χ1n) is 3.68. The van der Waals surface area contributed by atoms with Crippen LogP contribution in [-0.2, 0) is 4.79 Å². The number of β-lactam (4-membered cyclic amide) rings is 1. The van der Waals surface area contributed by atoms with Crippen LogP contribution in [0, 0.1) is 0 Å². The molecule has 2 fully saturated rings. The lowest BCUT2D eigenvalue weighted by Crippen LogP contribution is -2.59. The van der Waals surface area contributed by atoms with Crippen LogP contribution in [0.3, 0.4) is 0 Å². The van der Waals surface area contributed by atoms with Crippen LogP contribution in [0.4, 0.5) is 0 Å². The first kappa shape index (κ1) is 7.92. The van der Waals surface area contributed by atoms with Gasteiger partial charge in [0.25, 0.3) is 0 Å². The van der Waals surface area contributed by atoms with E-state index in [4.69, 9.17) is 0 Å².